The molecule has 1 aromatic rings. The number of rotatable bonds is 4. The average molecular weight is 275 g/mol. The monoisotopic (exact) mass is 275 g/mol. The van der Waals surface area contributed by atoms with Crippen LogP contribution in [0.4, 0.5) is 4.79 Å². The van der Waals surface area contributed by atoms with E-state index >= 15 is 0 Å². The largest absolute Gasteiger partial charge is 0.418 e. The maximum absolute atomic E-state index is 11.8. The predicted molar refractivity (Wildman–Crippen MR) is 72.9 cm³/mol. The molecule has 0 fully saturated rings. The van der Waals surface area contributed by atoms with Crippen LogP contribution in [0, 0.1) is 0 Å². The highest BCUT2D eigenvalue weighted by Crippen LogP contribution is 2.14. The van der Waals surface area contributed by atoms with Crippen molar-refractivity contribution in [1.82, 2.24) is 4.90 Å². The third-order valence-corrected chi connectivity index (χ3v) is 3.04. The molecule has 0 saturated heterocycles. The number of benzene rings is 1. The van der Waals surface area contributed by atoms with E-state index in [1.54, 1.807) is 14.0 Å². The quantitative estimate of drug-likeness (QED) is 0.790. The van der Waals surface area contributed by atoms with Gasteiger partial charge in [-0.2, -0.15) is 0 Å². The molecule has 106 valence electrons. The minimum Gasteiger partial charge on any atom is -0.418 e. The van der Waals surface area contributed by atoms with E-state index in [9.17, 15) is 9.59 Å². The van der Waals surface area contributed by atoms with Gasteiger partial charge >= 0.3 is 12.1 Å². The van der Waals surface area contributed by atoms with Crippen LogP contribution in [0.1, 0.15) is 12.5 Å². The Morgan fingerprint density at radius 1 is 1.35 bits per heavy atom. The Bertz CT molecular complexity index is 524. The fraction of sp³-hybridized carbons (Fsp3) is 0.333. The minimum atomic E-state index is -0.908. The van der Waals surface area contributed by atoms with Crippen LogP contribution in [0.2, 0.25) is 0 Å². The first-order chi connectivity index (χ1) is 9.56. The topological polar surface area (TPSA) is 55.8 Å². The standard InChI is InChI=1S/C15H17NO4/c1-11-10-13(19-14(11)17)20-15(18)16(2)9-8-12-6-4-3-5-7-12/h3-7,10,13H,8-9H2,1-2H3. The molecule has 2 rings (SSSR count). The molecule has 0 N–H and O–H groups in total. The van der Waals surface area contributed by atoms with Crippen LogP contribution in [0.3, 0.4) is 0 Å². The summed E-state index contributed by atoms with van der Waals surface area (Å²) in [5, 5.41) is 0. The van der Waals surface area contributed by atoms with Crippen molar-refractivity contribution < 1.29 is 19.1 Å². The van der Waals surface area contributed by atoms with Crippen molar-refractivity contribution in [1.29, 1.82) is 0 Å². The third-order valence-electron chi connectivity index (χ3n) is 3.04. The number of hydrogen-bond donors (Lipinski definition) is 0. The maximum atomic E-state index is 11.8. The summed E-state index contributed by atoms with van der Waals surface area (Å²) in [4.78, 5) is 24.4. The van der Waals surface area contributed by atoms with Gasteiger partial charge in [-0.15, -0.1) is 0 Å². The Morgan fingerprint density at radius 3 is 2.65 bits per heavy atom. The first-order valence-electron chi connectivity index (χ1n) is 6.41. The molecule has 0 aliphatic carbocycles. The Labute approximate surface area is 117 Å². The molecular weight excluding hydrogens is 258 g/mol. The molecule has 1 unspecified atom stereocenters. The lowest BCUT2D eigenvalue weighted by molar-refractivity contribution is -0.152. The fourth-order valence-corrected chi connectivity index (χ4v) is 1.78. The van der Waals surface area contributed by atoms with Gasteiger partial charge in [0.1, 0.15) is 0 Å². The molecule has 0 radical (unpaired) electrons. The summed E-state index contributed by atoms with van der Waals surface area (Å²) >= 11 is 0. The summed E-state index contributed by atoms with van der Waals surface area (Å²) in [6.45, 7) is 2.15. The molecular formula is C15H17NO4. The molecule has 0 spiro atoms. The number of esters is 1. The second kappa shape index (κ2) is 6.23. The normalized spacial score (nSPS) is 17.4. The molecule has 1 atom stereocenters. The number of cyclic esters (lactones) is 1. The van der Waals surface area contributed by atoms with Gasteiger partial charge in [-0.25, -0.2) is 9.59 Å². The van der Waals surface area contributed by atoms with E-state index in [1.165, 1.54) is 11.0 Å². The zero-order valence-corrected chi connectivity index (χ0v) is 11.5. The van der Waals surface area contributed by atoms with E-state index in [1.807, 2.05) is 30.3 Å². The molecule has 5 heteroatoms. The smallest absolute Gasteiger partial charge is 0.412 e. The summed E-state index contributed by atoms with van der Waals surface area (Å²) < 4.78 is 9.93. The zero-order chi connectivity index (χ0) is 14.5. The lowest BCUT2D eigenvalue weighted by Gasteiger charge is -2.18. The van der Waals surface area contributed by atoms with Gasteiger partial charge in [0.05, 0.1) is 0 Å². The molecule has 5 nitrogen and oxygen atoms in total. The van der Waals surface area contributed by atoms with Crippen LogP contribution in [0.5, 0.6) is 0 Å². The van der Waals surface area contributed by atoms with Crippen molar-refractivity contribution in [2.45, 2.75) is 19.6 Å². The van der Waals surface area contributed by atoms with E-state index < -0.39 is 18.4 Å². The van der Waals surface area contributed by atoms with Crippen molar-refractivity contribution in [2.24, 2.45) is 0 Å². The fourth-order valence-electron chi connectivity index (χ4n) is 1.78. The zero-order valence-electron chi connectivity index (χ0n) is 11.5. The van der Waals surface area contributed by atoms with Crippen LogP contribution in [-0.2, 0) is 20.7 Å². The Morgan fingerprint density at radius 2 is 2.05 bits per heavy atom. The molecule has 1 aliphatic rings. The van der Waals surface area contributed by atoms with Crippen LogP contribution in [-0.4, -0.2) is 36.8 Å². The maximum Gasteiger partial charge on any atom is 0.412 e. The van der Waals surface area contributed by atoms with E-state index in [0.717, 1.165) is 12.0 Å². The van der Waals surface area contributed by atoms with Gasteiger partial charge in [0.2, 0.25) is 0 Å². The Balaban J connectivity index is 1.79. The van der Waals surface area contributed by atoms with Gasteiger partial charge in [-0.1, -0.05) is 30.3 Å². The van der Waals surface area contributed by atoms with Crippen molar-refractivity contribution in [3.63, 3.8) is 0 Å². The molecule has 0 aromatic heterocycles. The predicted octanol–water partition coefficient (Wildman–Crippen LogP) is 2.13. The SMILES string of the molecule is CC1=CC(OC(=O)N(C)CCc2ccccc2)OC1=O. The Hall–Kier alpha value is -2.30. The summed E-state index contributed by atoms with van der Waals surface area (Å²) in [5.74, 6) is -0.449. The summed E-state index contributed by atoms with van der Waals surface area (Å²) in [6, 6.07) is 9.87. The highest BCUT2D eigenvalue weighted by Gasteiger charge is 2.26. The number of carbonyl (C=O) groups excluding carboxylic acids is 2. The van der Waals surface area contributed by atoms with Gasteiger partial charge in [0.25, 0.3) is 6.29 Å². The van der Waals surface area contributed by atoms with E-state index in [2.05, 4.69) is 0 Å². The lowest BCUT2D eigenvalue weighted by Crippen LogP contribution is -2.32. The molecule has 20 heavy (non-hydrogen) atoms. The molecule has 1 heterocycles. The number of carbonyl (C=O) groups is 2. The molecule has 0 bridgehead atoms. The van der Waals surface area contributed by atoms with Gasteiger partial charge in [0, 0.05) is 25.2 Å². The van der Waals surface area contributed by atoms with Gasteiger partial charge in [-0.05, 0) is 18.9 Å². The molecule has 1 aliphatic heterocycles. The van der Waals surface area contributed by atoms with Gasteiger partial charge < -0.3 is 14.4 Å². The summed E-state index contributed by atoms with van der Waals surface area (Å²) in [5.41, 5.74) is 1.60. The third kappa shape index (κ3) is 3.60. The first kappa shape index (κ1) is 14.1. The van der Waals surface area contributed by atoms with Crippen molar-refractivity contribution >= 4 is 12.1 Å². The Kier molecular flexibility index (Phi) is 4.40. The second-order valence-electron chi connectivity index (χ2n) is 4.66. The summed E-state index contributed by atoms with van der Waals surface area (Å²) in [7, 11) is 1.65. The van der Waals surface area contributed by atoms with Crippen LogP contribution in [0.25, 0.3) is 0 Å². The van der Waals surface area contributed by atoms with Crippen LogP contribution >= 0.6 is 0 Å². The van der Waals surface area contributed by atoms with Gasteiger partial charge in [0.15, 0.2) is 0 Å². The number of nitrogens with zero attached hydrogens (tertiary/aromatic N) is 1. The molecule has 1 aromatic carbocycles. The highest BCUT2D eigenvalue weighted by molar-refractivity contribution is 5.90. The minimum absolute atomic E-state index is 0.449. The number of ether oxygens (including phenoxy) is 2. The average Bonchev–Trinajstić information content (AvgIpc) is 2.75. The molecule has 1 amide bonds. The van der Waals surface area contributed by atoms with Crippen molar-refractivity contribution in [2.75, 3.05) is 13.6 Å². The molecule has 0 saturated carbocycles. The number of amides is 1. The highest BCUT2D eigenvalue weighted by atomic mass is 16.7. The van der Waals surface area contributed by atoms with Crippen LogP contribution in [0.15, 0.2) is 42.0 Å². The van der Waals surface area contributed by atoms with Gasteiger partial charge in [-0.3, -0.25) is 0 Å². The summed E-state index contributed by atoms with van der Waals surface area (Å²) in [6.07, 6.45) is 0.815. The van der Waals surface area contributed by atoms with E-state index in [-0.39, 0.29) is 0 Å². The van der Waals surface area contributed by atoms with Crippen molar-refractivity contribution in [3.05, 3.63) is 47.5 Å². The second-order valence-corrected chi connectivity index (χ2v) is 4.66. The number of hydrogen-bond acceptors (Lipinski definition) is 4. The number of likely N-dealkylation sites (N-methyl/N-ethyl adjacent to an activating group) is 1. The van der Waals surface area contributed by atoms with E-state index in [4.69, 9.17) is 9.47 Å². The lowest BCUT2D eigenvalue weighted by atomic mass is 10.1. The van der Waals surface area contributed by atoms with E-state index in [0.29, 0.717) is 12.1 Å². The first-order valence-corrected chi connectivity index (χ1v) is 6.41. The van der Waals surface area contributed by atoms with Crippen molar-refractivity contribution in [3.8, 4) is 0 Å². The van der Waals surface area contributed by atoms with Crippen LogP contribution < -0.4 is 0 Å².